The Labute approximate surface area is 505 Å². The Morgan fingerprint density at radius 2 is 0.636 bits per heavy atom. The molecule has 8 aromatic heterocycles. The third-order valence-corrected chi connectivity index (χ3v) is 20.0. The molecule has 20 aromatic rings. The van der Waals surface area contributed by atoms with Crippen molar-refractivity contribution < 1.29 is 8.83 Å². The van der Waals surface area contributed by atoms with E-state index in [4.69, 9.17) is 48.7 Å². The normalized spacial score (nSPS) is 12.3. The smallest absolute Gasteiger partial charge is 0.160 e. The number of hydrogen-bond donors (Lipinski definition) is 0. The summed E-state index contributed by atoms with van der Waals surface area (Å²) in [5.74, 6) is 2.45. The Morgan fingerprint density at radius 3 is 1.19 bits per heavy atom. The molecule has 20 rings (SSSR count). The molecule has 88 heavy (non-hydrogen) atoms. The van der Waals surface area contributed by atoms with Crippen LogP contribution in [0.1, 0.15) is 0 Å². The first-order valence-corrected chi connectivity index (χ1v) is 30.6. The van der Waals surface area contributed by atoms with Crippen LogP contribution in [0.25, 0.3) is 206 Å². The molecule has 0 amide bonds. The van der Waals surface area contributed by atoms with E-state index in [1.54, 1.807) is 22.7 Å². The summed E-state index contributed by atoms with van der Waals surface area (Å²) in [6.45, 7) is 0. The summed E-state index contributed by atoms with van der Waals surface area (Å²) in [7, 11) is 0. The summed E-state index contributed by atoms with van der Waals surface area (Å²) in [6.07, 6.45) is 7.77. The Balaban J connectivity index is 0.676. The maximum absolute atomic E-state index is 6.98. The molecule has 0 saturated carbocycles. The number of benzene rings is 12. The molecule has 0 aliphatic carbocycles. The van der Waals surface area contributed by atoms with Crippen molar-refractivity contribution in [2.75, 3.05) is 0 Å². The summed E-state index contributed by atoms with van der Waals surface area (Å²) >= 11 is 3.57. The quantitative estimate of drug-likeness (QED) is 0.154. The van der Waals surface area contributed by atoms with Gasteiger partial charge in [-0.1, -0.05) is 158 Å². The molecular weight excluding hydrogens is 1120 g/mol. The van der Waals surface area contributed by atoms with E-state index in [-0.39, 0.29) is 0 Å². The molecule has 0 aliphatic heterocycles. The van der Waals surface area contributed by atoms with E-state index in [0.29, 0.717) is 23.3 Å². The SMILES string of the molecule is c1ccc2c(c1)oc1cc(-c3ncc4c5ccccc5c5cnc(-c6ccc7c(c6)oc6c(-c8cccc9c8sc8cc(-c%10ncc%11c%12ccccc%12c%12cnc(-c%13ccc%14c(c%13)sc%13ccccc%13%14)nc%12c%11n%10)ccc89)cccc67)nc5c4n3)ccc12. The molecule has 8 heterocycles. The lowest BCUT2D eigenvalue weighted by Crippen LogP contribution is -1.96. The molecule has 10 nitrogen and oxygen atoms in total. The van der Waals surface area contributed by atoms with Gasteiger partial charge in [-0.2, -0.15) is 0 Å². The van der Waals surface area contributed by atoms with Crippen LogP contribution >= 0.6 is 22.7 Å². The molecule has 0 saturated heterocycles. The highest BCUT2D eigenvalue weighted by atomic mass is 32.1. The van der Waals surface area contributed by atoms with Gasteiger partial charge in [0.05, 0.1) is 0 Å². The number of rotatable bonds is 5. The van der Waals surface area contributed by atoms with Crippen LogP contribution in [0.3, 0.4) is 0 Å². The molecule has 0 bridgehead atoms. The van der Waals surface area contributed by atoms with E-state index in [1.165, 1.54) is 35.6 Å². The number of furan rings is 2. The molecule has 0 fully saturated rings. The van der Waals surface area contributed by atoms with Gasteiger partial charge in [0.25, 0.3) is 0 Å². The van der Waals surface area contributed by atoms with Crippen LogP contribution in [0.2, 0.25) is 0 Å². The van der Waals surface area contributed by atoms with E-state index in [1.807, 2.05) is 61.2 Å². The number of thiophene rings is 2. The summed E-state index contributed by atoms with van der Waals surface area (Å²) < 4.78 is 18.0. The van der Waals surface area contributed by atoms with Crippen molar-refractivity contribution in [1.82, 2.24) is 39.9 Å². The first-order chi connectivity index (χ1) is 43.6. The predicted octanol–water partition coefficient (Wildman–Crippen LogP) is 20.6. The molecule has 12 heteroatoms. The monoisotopic (exact) mass is 1160 g/mol. The van der Waals surface area contributed by atoms with Gasteiger partial charge in [0, 0.05) is 142 Å². The molecular formula is C76H38N8O2S2. The molecule has 0 radical (unpaired) electrons. The van der Waals surface area contributed by atoms with Crippen molar-refractivity contribution in [2.24, 2.45) is 0 Å². The molecule has 0 N–H and O–H groups in total. The number of fused-ring (bicyclic) bond motifs is 24. The fourth-order valence-electron chi connectivity index (χ4n) is 13.5. The zero-order valence-electron chi connectivity index (χ0n) is 46.2. The fourth-order valence-corrected chi connectivity index (χ4v) is 15.9. The van der Waals surface area contributed by atoms with E-state index < -0.39 is 0 Å². The topological polar surface area (TPSA) is 129 Å². The van der Waals surface area contributed by atoms with Crippen molar-refractivity contribution in [1.29, 1.82) is 0 Å². The average molecular weight is 1160 g/mol. The molecule has 406 valence electrons. The van der Waals surface area contributed by atoms with Crippen molar-refractivity contribution in [3.05, 3.63) is 231 Å². The Bertz CT molecular complexity index is 6090. The maximum Gasteiger partial charge on any atom is 0.160 e. The lowest BCUT2D eigenvalue weighted by atomic mass is 9.99. The third kappa shape index (κ3) is 6.97. The summed E-state index contributed by atoms with van der Waals surface area (Å²) in [5.41, 5.74) is 12.0. The number of nitrogens with zero attached hydrogens (tertiary/aromatic N) is 8. The molecule has 0 unspecified atom stereocenters. The van der Waals surface area contributed by atoms with Gasteiger partial charge in [-0.3, -0.25) is 0 Å². The third-order valence-electron chi connectivity index (χ3n) is 17.7. The number of aromatic nitrogens is 8. The predicted molar refractivity (Wildman–Crippen MR) is 361 cm³/mol. The van der Waals surface area contributed by atoms with Crippen LogP contribution in [-0.4, -0.2) is 39.9 Å². The lowest BCUT2D eigenvalue weighted by molar-refractivity contribution is 0.669. The summed E-state index contributed by atoms with van der Waals surface area (Å²) in [4.78, 5) is 41.3. The maximum atomic E-state index is 6.98. The first kappa shape index (κ1) is 47.9. The summed E-state index contributed by atoms with van der Waals surface area (Å²) in [5, 5.41) is 17.0. The highest BCUT2D eigenvalue weighted by Crippen LogP contribution is 2.46. The van der Waals surface area contributed by atoms with Crippen molar-refractivity contribution in [3.63, 3.8) is 0 Å². The second kappa shape index (κ2) is 18.0. The standard InChI is InChI=1S/C76H38N8O2S2/c1-2-12-44-43(11-1)57-35-77-73(39-23-27-48-47-15-5-7-21-61(47)85-62(48)31-39)81-67(57)68-58(44)36-78-74(82-68)40-24-28-49-53-17-9-18-54(71(53)86-63(49)32-40)56-20-10-19-55-52-30-26-42(34-66(52)88-72(55)56)76-80-38-60-46-14-4-3-13-45(46)59-37-79-75(83-69(59)70(60)84-76)41-25-29-51-50-16-6-8-22-64(50)87-65(51)33-41/h1-38H. The van der Waals surface area contributed by atoms with Crippen LogP contribution < -0.4 is 0 Å². The van der Waals surface area contributed by atoms with Gasteiger partial charge >= 0.3 is 0 Å². The lowest BCUT2D eigenvalue weighted by Gasteiger charge is -2.11. The second-order valence-electron chi connectivity index (χ2n) is 22.5. The minimum atomic E-state index is 0.570. The van der Waals surface area contributed by atoms with E-state index in [9.17, 15) is 0 Å². The van der Waals surface area contributed by atoms with Gasteiger partial charge in [0.2, 0.25) is 0 Å². The van der Waals surface area contributed by atoms with E-state index in [0.717, 1.165) is 147 Å². The van der Waals surface area contributed by atoms with E-state index in [2.05, 4.69) is 170 Å². The van der Waals surface area contributed by atoms with Gasteiger partial charge in [0.1, 0.15) is 44.4 Å². The van der Waals surface area contributed by atoms with Crippen LogP contribution in [0.15, 0.2) is 240 Å². The Hall–Kier alpha value is -11.4. The highest BCUT2D eigenvalue weighted by molar-refractivity contribution is 7.26. The van der Waals surface area contributed by atoms with Crippen LogP contribution in [-0.2, 0) is 0 Å². The second-order valence-corrected chi connectivity index (χ2v) is 24.7. The van der Waals surface area contributed by atoms with Crippen molar-refractivity contribution >= 4 is 172 Å². The van der Waals surface area contributed by atoms with Gasteiger partial charge in [-0.25, -0.2) is 39.9 Å². The van der Waals surface area contributed by atoms with Crippen molar-refractivity contribution in [2.45, 2.75) is 0 Å². The molecule has 12 aromatic carbocycles. The minimum Gasteiger partial charge on any atom is -0.456 e. The highest BCUT2D eigenvalue weighted by Gasteiger charge is 2.22. The van der Waals surface area contributed by atoms with Crippen molar-refractivity contribution in [3.8, 4) is 56.7 Å². The Morgan fingerprint density at radius 1 is 0.250 bits per heavy atom. The van der Waals surface area contributed by atoms with Gasteiger partial charge in [0.15, 0.2) is 23.3 Å². The molecule has 0 aliphatic rings. The van der Waals surface area contributed by atoms with Gasteiger partial charge in [-0.05, 0) is 70.1 Å². The van der Waals surface area contributed by atoms with E-state index >= 15 is 0 Å². The average Bonchev–Trinajstić information content (AvgIpc) is 1.56. The van der Waals surface area contributed by atoms with Crippen LogP contribution in [0.4, 0.5) is 0 Å². The van der Waals surface area contributed by atoms with Crippen LogP contribution in [0, 0.1) is 0 Å². The first-order valence-electron chi connectivity index (χ1n) is 29.0. The number of hydrogen-bond acceptors (Lipinski definition) is 12. The van der Waals surface area contributed by atoms with Crippen LogP contribution in [0.5, 0.6) is 0 Å². The zero-order chi connectivity index (χ0) is 57.3. The molecule has 0 spiro atoms. The molecule has 0 atom stereocenters. The summed E-state index contributed by atoms with van der Waals surface area (Å²) in [6, 6.07) is 71.9. The zero-order valence-corrected chi connectivity index (χ0v) is 47.8. The largest absolute Gasteiger partial charge is 0.456 e. The van der Waals surface area contributed by atoms with Gasteiger partial charge in [-0.15, -0.1) is 22.7 Å². The Kier molecular flexibility index (Phi) is 9.82. The minimum absolute atomic E-state index is 0.570. The fraction of sp³-hybridized carbons (Fsp3) is 0. The van der Waals surface area contributed by atoms with Gasteiger partial charge < -0.3 is 8.83 Å². The number of para-hydroxylation sites is 2.